The average molecular weight is 259 g/mol. The molecule has 1 fully saturated rings. The Hall–Kier alpha value is -0.710. The average Bonchev–Trinajstić information content (AvgIpc) is 2.27. The SMILES string of the molecule is CC(C)SCC(=O)NC1(C(=O)O)CCCCC1. The molecular formula is C12H21NO3S. The van der Waals surface area contributed by atoms with Gasteiger partial charge in [-0.15, -0.1) is 11.8 Å². The van der Waals surface area contributed by atoms with E-state index in [1.807, 2.05) is 13.8 Å². The van der Waals surface area contributed by atoms with Crippen molar-refractivity contribution in [3.8, 4) is 0 Å². The van der Waals surface area contributed by atoms with Crippen molar-refractivity contribution in [2.45, 2.75) is 56.7 Å². The van der Waals surface area contributed by atoms with Gasteiger partial charge in [0.1, 0.15) is 5.54 Å². The number of hydrogen-bond acceptors (Lipinski definition) is 3. The number of carbonyl (C=O) groups is 2. The Morgan fingerprint density at radius 2 is 1.88 bits per heavy atom. The van der Waals surface area contributed by atoms with E-state index in [0.29, 0.717) is 23.8 Å². The zero-order valence-corrected chi connectivity index (χ0v) is 11.3. The van der Waals surface area contributed by atoms with Crippen LogP contribution in [0.25, 0.3) is 0 Å². The van der Waals surface area contributed by atoms with E-state index in [-0.39, 0.29) is 5.91 Å². The lowest BCUT2D eigenvalue weighted by Crippen LogP contribution is -2.56. The van der Waals surface area contributed by atoms with E-state index >= 15 is 0 Å². The molecule has 0 aromatic rings. The van der Waals surface area contributed by atoms with Gasteiger partial charge in [0.15, 0.2) is 0 Å². The molecule has 98 valence electrons. The first-order chi connectivity index (χ1) is 7.96. The Bertz CT molecular complexity index is 285. The van der Waals surface area contributed by atoms with Crippen LogP contribution in [0.3, 0.4) is 0 Å². The highest BCUT2D eigenvalue weighted by atomic mass is 32.2. The molecule has 1 rings (SSSR count). The molecule has 0 aliphatic heterocycles. The second kappa shape index (κ2) is 6.28. The van der Waals surface area contributed by atoms with Gasteiger partial charge >= 0.3 is 5.97 Å². The van der Waals surface area contributed by atoms with Crippen molar-refractivity contribution in [3.05, 3.63) is 0 Å². The third-order valence-corrected chi connectivity index (χ3v) is 4.14. The quantitative estimate of drug-likeness (QED) is 0.793. The van der Waals surface area contributed by atoms with Crippen molar-refractivity contribution in [2.24, 2.45) is 0 Å². The van der Waals surface area contributed by atoms with Crippen LogP contribution in [-0.4, -0.2) is 33.5 Å². The third kappa shape index (κ3) is 4.22. The highest BCUT2D eigenvalue weighted by Gasteiger charge is 2.40. The summed E-state index contributed by atoms with van der Waals surface area (Å²) in [7, 11) is 0. The third-order valence-electron chi connectivity index (χ3n) is 3.04. The number of rotatable bonds is 5. The van der Waals surface area contributed by atoms with Crippen molar-refractivity contribution >= 4 is 23.6 Å². The van der Waals surface area contributed by atoms with E-state index in [9.17, 15) is 14.7 Å². The number of carbonyl (C=O) groups excluding carboxylic acids is 1. The summed E-state index contributed by atoms with van der Waals surface area (Å²) in [4.78, 5) is 23.1. The van der Waals surface area contributed by atoms with Gasteiger partial charge in [-0.2, -0.15) is 0 Å². The van der Waals surface area contributed by atoms with Gasteiger partial charge in [0.2, 0.25) is 5.91 Å². The highest BCUT2D eigenvalue weighted by Crippen LogP contribution is 2.28. The minimum Gasteiger partial charge on any atom is -0.480 e. The number of thioether (sulfide) groups is 1. The minimum absolute atomic E-state index is 0.159. The Morgan fingerprint density at radius 1 is 1.29 bits per heavy atom. The summed E-state index contributed by atoms with van der Waals surface area (Å²) in [6.45, 7) is 4.04. The zero-order chi connectivity index (χ0) is 12.9. The molecule has 0 saturated heterocycles. The summed E-state index contributed by atoms with van der Waals surface area (Å²) in [6, 6.07) is 0. The highest BCUT2D eigenvalue weighted by molar-refractivity contribution is 8.00. The predicted octanol–water partition coefficient (Wildman–Crippen LogP) is 2.03. The normalized spacial score (nSPS) is 19.0. The van der Waals surface area contributed by atoms with E-state index in [0.717, 1.165) is 19.3 Å². The van der Waals surface area contributed by atoms with Crippen molar-refractivity contribution in [1.82, 2.24) is 5.32 Å². The molecule has 1 amide bonds. The van der Waals surface area contributed by atoms with Crippen LogP contribution in [-0.2, 0) is 9.59 Å². The molecule has 0 unspecified atom stereocenters. The summed E-state index contributed by atoms with van der Waals surface area (Å²) >= 11 is 1.53. The summed E-state index contributed by atoms with van der Waals surface area (Å²) in [5.41, 5.74) is -1.01. The van der Waals surface area contributed by atoms with Gasteiger partial charge < -0.3 is 10.4 Å². The summed E-state index contributed by atoms with van der Waals surface area (Å²) in [6.07, 6.45) is 3.93. The zero-order valence-electron chi connectivity index (χ0n) is 10.5. The molecule has 1 saturated carbocycles. The molecule has 0 aromatic carbocycles. The van der Waals surface area contributed by atoms with Gasteiger partial charge in [-0.3, -0.25) is 4.79 Å². The largest absolute Gasteiger partial charge is 0.480 e. The van der Waals surface area contributed by atoms with Gasteiger partial charge in [0.25, 0.3) is 0 Å². The Labute approximate surface area is 107 Å². The van der Waals surface area contributed by atoms with E-state index in [2.05, 4.69) is 5.32 Å². The summed E-state index contributed by atoms with van der Waals surface area (Å²) < 4.78 is 0. The summed E-state index contributed by atoms with van der Waals surface area (Å²) in [5, 5.41) is 12.4. The van der Waals surface area contributed by atoms with Crippen LogP contribution < -0.4 is 5.32 Å². The number of aliphatic carboxylic acids is 1. The molecular weight excluding hydrogens is 238 g/mol. The van der Waals surface area contributed by atoms with E-state index in [4.69, 9.17) is 0 Å². The number of carboxylic acid groups (broad SMARTS) is 1. The molecule has 0 atom stereocenters. The standard InChI is InChI=1S/C12H21NO3S/c1-9(2)17-8-10(14)13-12(11(15)16)6-4-3-5-7-12/h9H,3-8H2,1-2H3,(H,13,14)(H,15,16). The minimum atomic E-state index is -1.01. The lowest BCUT2D eigenvalue weighted by atomic mass is 9.81. The fraction of sp³-hybridized carbons (Fsp3) is 0.833. The lowest BCUT2D eigenvalue weighted by Gasteiger charge is -2.34. The van der Waals surface area contributed by atoms with Gasteiger partial charge in [0.05, 0.1) is 5.75 Å². The molecule has 0 heterocycles. The van der Waals surface area contributed by atoms with Crippen molar-refractivity contribution in [1.29, 1.82) is 0 Å². The Kier molecular flexibility index (Phi) is 5.31. The maximum absolute atomic E-state index is 11.7. The number of carboxylic acids is 1. The first kappa shape index (κ1) is 14.4. The fourth-order valence-corrected chi connectivity index (χ4v) is 2.65. The lowest BCUT2D eigenvalue weighted by molar-refractivity contribution is -0.148. The van der Waals surface area contributed by atoms with Gasteiger partial charge in [-0.05, 0) is 18.1 Å². The predicted molar refractivity (Wildman–Crippen MR) is 69.2 cm³/mol. The van der Waals surface area contributed by atoms with Crippen LogP contribution in [0.1, 0.15) is 46.0 Å². The van der Waals surface area contributed by atoms with Crippen molar-refractivity contribution in [2.75, 3.05) is 5.75 Å². The first-order valence-electron chi connectivity index (χ1n) is 6.12. The number of nitrogens with one attached hydrogen (secondary N) is 1. The monoisotopic (exact) mass is 259 g/mol. The second-order valence-electron chi connectivity index (χ2n) is 4.86. The van der Waals surface area contributed by atoms with E-state index in [1.165, 1.54) is 11.8 Å². The van der Waals surface area contributed by atoms with Crippen molar-refractivity contribution in [3.63, 3.8) is 0 Å². The molecule has 0 bridgehead atoms. The van der Waals surface area contributed by atoms with Crippen LogP contribution in [0.4, 0.5) is 0 Å². The Morgan fingerprint density at radius 3 is 2.35 bits per heavy atom. The molecule has 4 nitrogen and oxygen atoms in total. The maximum atomic E-state index is 11.7. The molecule has 1 aliphatic rings. The van der Waals surface area contributed by atoms with Gasteiger partial charge in [-0.1, -0.05) is 33.1 Å². The van der Waals surface area contributed by atoms with Crippen LogP contribution in [0.2, 0.25) is 0 Å². The van der Waals surface area contributed by atoms with Gasteiger partial charge in [0, 0.05) is 0 Å². The van der Waals surface area contributed by atoms with Gasteiger partial charge in [-0.25, -0.2) is 4.79 Å². The van der Waals surface area contributed by atoms with Crippen LogP contribution in [0, 0.1) is 0 Å². The van der Waals surface area contributed by atoms with Crippen LogP contribution >= 0.6 is 11.8 Å². The maximum Gasteiger partial charge on any atom is 0.329 e. The number of hydrogen-bond donors (Lipinski definition) is 2. The summed E-state index contributed by atoms with van der Waals surface area (Å²) in [5.74, 6) is -0.708. The smallest absolute Gasteiger partial charge is 0.329 e. The topological polar surface area (TPSA) is 66.4 Å². The number of amides is 1. The molecule has 17 heavy (non-hydrogen) atoms. The fourth-order valence-electron chi connectivity index (χ4n) is 2.09. The molecule has 1 aliphatic carbocycles. The van der Waals surface area contributed by atoms with Crippen LogP contribution in [0.5, 0.6) is 0 Å². The second-order valence-corrected chi connectivity index (χ2v) is 6.42. The molecule has 5 heteroatoms. The molecule has 0 radical (unpaired) electrons. The van der Waals surface area contributed by atoms with E-state index < -0.39 is 11.5 Å². The molecule has 2 N–H and O–H groups in total. The van der Waals surface area contributed by atoms with E-state index in [1.54, 1.807) is 0 Å². The molecule has 0 aromatic heterocycles. The van der Waals surface area contributed by atoms with Crippen molar-refractivity contribution < 1.29 is 14.7 Å². The Balaban J connectivity index is 2.54. The first-order valence-corrected chi connectivity index (χ1v) is 7.17. The van der Waals surface area contributed by atoms with Crippen LogP contribution in [0.15, 0.2) is 0 Å². The molecule has 0 spiro atoms.